The van der Waals surface area contributed by atoms with Gasteiger partial charge in [0.1, 0.15) is 11.6 Å². The second-order valence-electron chi connectivity index (χ2n) is 9.20. The highest BCUT2D eigenvalue weighted by atomic mass is 16.5. The van der Waals surface area contributed by atoms with Crippen molar-refractivity contribution in [1.29, 1.82) is 5.41 Å². The van der Waals surface area contributed by atoms with Crippen molar-refractivity contribution in [2.75, 3.05) is 26.8 Å². The van der Waals surface area contributed by atoms with Crippen LogP contribution in [0, 0.1) is 5.41 Å². The molecular weight excluding hydrogens is 434 g/mol. The molecule has 0 fully saturated rings. The number of phenolic OH excluding ortho intramolecular Hbond substituents is 1. The molecule has 3 rings (SSSR count). The van der Waals surface area contributed by atoms with Crippen LogP contribution in [0.25, 0.3) is 0 Å². The molecule has 1 amide bonds. The van der Waals surface area contributed by atoms with Crippen LogP contribution in [-0.4, -0.2) is 54.3 Å². The number of rotatable bonds is 8. The van der Waals surface area contributed by atoms with Crippen LogP contribution >= 0.6 is 0 Å². The molecule has 0 atom stereocenters. The summed E-state index contributed by atoms with van der Waals surface area (Å²) in [7, 11) is 1.54. The van der Waals surface area contributed by atoms with Gasteiger partial charge in [0.2, 0.25) is 0 Å². The molecule has 0 saturated carbocycles. The normalized spacial score (nSPS) is 13.0. The fourth-order valence-corrected chi connectivity index (χ4v) is 4.02. The van der Waals surface area contributed by atoms with Gasteiger partial charge in [-0.3, -0.25) is 15.0 Å². The summed E-state index contributed by atoms with van der Waals surface area (Å²) < 4.78 is 11.2. The molecule has 1 aliphatic rings. The van der Waals surface area contributed by atoms with E-state index in [1.54, 1.807) is 36.2 Å². The molecule has 8 heteroatoms. The maximum Gasteiger partial charge on any atom is 0.254 e. The lowest BCUT2D eigenvalue weighted by molar-refractivity contribution is 0.0952. The minimum absolute atomic E-state index is 0.0211. The first kappa shape index (κ1) is 25.1. The van der Waals surface area contributed by atoms with E-state index in [1.807, 2.05) is 34.6 Å². The zero-order chi connectivity index (χ0) is 25.2. The molecule has 0 aromatic heterocycles. The number of amidine groups is 1. The summed E-state index contributed by atoms with van der Waals surface area (Å²) in [5, 5.41) is 21.9. The summed E-state index contributed by atoms with van der Waals surface area (Å²) in [6, 6.07) is 6.68. The number of carbonyl (C=O) groups excluding carboxylic acids is 2. The van der Waals surface area contributed by atoms with Crippen LogP contribution < -0.4 is 14.8 Å². The number of ketones is 1. The van der Waals surface area contributed by atoms with Crippen LogP contribution in [0.15, 0.2) is 24.3 Å². The highest BCUT2D eigenvalue weighted by Crippen LogP contribution is 2.39. The number of fused-ring (bicyclic) bond motifs is 1. The Hall–Kier alpha value is -3.55. The molecule has 8 nitrogen and oxygen atoms in total. The minimum atomic E-state index is -0.394. The Morgan fingerprint density at radius 1 is 1.09 bits per heavy atom. The van der Waals surface area contributed by atoms with Crippen molar-refractivity contribution in [3.05, 3.63) is 52.1 Å². The average molecular weight is 468 g/mol. The molecule has 0 unspecified atom stereocenters. The third kappa shape index (κ3) is 4.85. The van der Waals surface area contributed by atoms with E-state index < -0.39 is 5.41 Å². The van der Waals surface area contributed by atoms with E-state index in [0.717, 1.165) is 5.56 Å². The second-order valence-corrected chi connectivity index (χ2v) is 9.20. The number of ether oxygens (including phenoxy) is 2. The van der Waals surface area contributed by atoms with Crippen molar-refractivity contribution in [2.45, 2.75) is 46.6 Å². The Morgan fingerprint density at radius 2 is 1.74 bits per heavy atom. The second kappa shape index (κ2) is 9.75. The first-order valence-corrected chi connectivity index (χ1v) is 11.4. The number of Topliss-reactive ketones (excluding diaryl/α,β-unsaturated/α-hetero) is 1. The van der Waals surface area contributed by atoms with Gasteiger partial charge in [-0.2, -0.15) is 0 Å². The number of nitrogens with zero attached hydrogens (tertiary/aromatic N) is 1. The van der Waals surface area contributed by atoms with Gasteiger partial charge in [0, 0.05) is 30.3 Å². The Morgan fingerprint density at radius 3 is 2.32 bits per heavy atom. The summed E-state index contributed by atoms with van der Waals surface area (Å²) in [6.45, 7) is 10.6. The fraction of sp³-hybridized carbons (Fsp3) is 0.423. The van der Waals surface area contributed by atoms with Crippen LogP contribution in [0.5, 0.6) is 17.2 Å². The van der Waals surface area contributed by atoms with E-state index in [0.29, 0.717) is 47.8 Å². The fourth-order valence-electron chi connectivity index (χ4n) is 4.02. The van der Waals surface area contributed by atoms with E-state index in [4.69, 9.17) is 14.9 Å². The molecule has 34 heavy (non-hydrogen) atoms. The summed E-state index contributed by atoms with van der Waals surface area (Å²) in [5.41, 5.74) is 2.43. The Kier molecular flexibility index (Phi) is 7.19. The van der Waals surface area contributed by atoms with E-state index in [1.165, 1.54) is 0 Å². The third-order valence-corrected chi connectivity index (χ3v) is 5.75. The molecule has 1 aliphatic heterocycles. The van der Waals surface area contributed by atoms with Crippen molar-refractivity contribution in [3.8, 4) is 17.2 Å². The van der Waals surface area contributed by atoms with Crippen LogP contribution in [0.4, 0.5) is 0 Å². The maximum absolute atomic E-state index is 13.3. The highest BCUT2D eigenvalue weighted by Gasteiger charge is 2.30. The Bertz CT molecular complexity index is 1130. The molecular formula is C26H33N3O5. The van der Waals surface area contributed by atoms with Crippen LogP contribution in [0.1, 0.15) is 72.0 Å². The summed E-state index contributed by atoms with van der Waals surface area (Å²) in [4.78, 5) is 27.3. The summed E-state index contributed by atoms with van der Waals surface area (Å²) >= 11 is 0. The van der Waals surface area contributed by atoms with Gasteiger partial charge in [0.05, 0.1) is 25.3 Å². The van der Waals surface area contributed by atoms with Crippen molar-refractivity contribution in [1.82, 2.24) is 10.2 Å². The molecule has 0 aliphatic carbocycles. The molecule has 3 N–H and O–H groups in total. The quantitative estimate of drug-likeness (QED) is 0.508. The number of benzene rings is 2. The zero-order valence-corrected chi connectivity index (χ0v) is 20.7. The van der Waals surface area contributed by atoms with Gasteiger partial charge in [-0.25, -0.2) is 0 Å². The lowest BCUT2D eigenvalue weighted by atomic mass is 9.84. The van der Waals surface area contributed by atoms with E-state index >= 15 is 0 Å². The molecule has 2 aromatic carbocycles. The number of carbonyl (C=O) groups is 2. The summed E-state index contributed by atoms with van der Waals surface area (Å²) in [6.07, 6.45) is 0. The molecule has 2 aromatic rings. The zero-order valence-electron chi connectivity index (χ0n) is 20.7. The van der Waals surface area contributed by atoms with Gasteiger partial charge in [-0.15, -0.1) is 0 Å². The van der Waals surface area contributed by atoms with E-state index in [2.05, 4.69) is 5.32 Å². The largest absolute Gasteiger partial charge is 0.504 e. The molecule has 1 heterocycles. The minimum Gasteiger partial charge on any atom is -0.504 e. The van der Waals surface area contributed by atoms with Crippen LogP contribution in [0.2, 0.25) is 0 Å². The number of hydrogen-bond acceptors (Lipinski definition) is 6. The highest BCUT2D eigenvalue weighted by molar-refractivity contribution is 6.07. The Balaban J connectivity index is 1.91. The standard InChI is InChI=1S/C26H33N3O5/c1-7-33-21-11-16-13-29(24(27)17(16)12-18(21)25(32)28-6)14-20(30)15-9-19(26(3,4)5)23(31)22(10-15)34-8-2/h9-12,27,31H,7-8,13-14H2,1-6H3,(H,28,32). The molecule has 0 bridgehead atoms. The molecule has 182 valence electrons. The van der Waals surface area contributed by atoms with Gasteiger partial charge in [-0.1, -0.05) is 20.8 Å². The van der Waals surface area contributed by atoms with Gasteiger partial charge in [0.25, 0.3) is 5.91 Å². The molecule has 0 saturated heterocycles. The van der Waals surface area contributed by atoms with Crippen LogP contribution in [0.3, 0.4) is 0 Å². The number of phenols is 1. The number of nitrogens with one attached hydrogen (secondary N) is 2. The van der Waals surface area contributed by atoms with Gasteiger partial charge in [-0.05, 0) is 49.1 Å². The Labute approximate surface area is 200 Å². The number of hydrogen-bond donors (Lipinski definition) is 3. The van der Waals surface area contributed by atoms with Crippen molar-refractivity contribution in [2.24, 2.45) is 0 Å². The molecule has 0 spiro atoms. The number of amides is 1. The lowest BCUT2D eigenvalue weighted by Crippen LogP contribution is -2.30. The molecule has 0 radical (unpaired) electrons. The monoisotopic (exact) mass is 467 g/mol. The predicted octanol–water partition coefficient (Wildman–Crippen LogP) is 3.87. The maximum atomic E-state index is 13.3. The SMILES string of the molecule is CCOc1cc2c(cc1C(=O)NC)C(=N)N(CC(=O)c1cc(OCC)c(O)c(C(C)(C)C)c1)C2. The first-order valence-electron chi connectivity index (χ1n) is 11.4. The average Bonchev–Trinajstić information content (AvgIpc) is 3.07. The number of aromatic hydroxyl groups is 1. The van der Waals surface area contributed by atoms with Crippen molar-refractivity contribution in [3.63, 3.8) is 0 Å². The summed E-state index contributed by atoms with van der Waals surface area (Å²) in [5.74, 6) is 0.455. The van der Waals surface area contributed by atoms with Crippen LogP contribution in [-0.2, 0) is 12.0 Å². The lowest BCUT2D eigenvalue weighted by Gasteiger charge is -2.23. The van der Waals surface area contributed by atoms with Gasteiger partial charge < -0.3 is 24.8 Å². The van der Waals surface area contributed by atoms with Gasteiger partial charge >= 0.3 is 0 Å². The van der Waals surface area contributed by atoms with E-state index in [9.17, 15) is 14.7 Å². The predicted molar refractivity (Wildman–Crippen MR) is 131 cm³/mol. The van der Waals surface area contributed by atoms with Gasteiger partial charge in [0.15, 0.2) is 17.3 Å². The smallest absolute Gasteiger partial charge is 0.254 e. The first-order chi connectivity index (χ1) is 16.0. The van der Waals surface area contributed by atoms with Crippen molar-refractivity contribution >= 4 is 17.5 Å². The van der Waals surface area contributed by atoms with E-state index in [-0.39, 0.29) is 35.6 Å². The topological polar surface area (TPSA) is 112 Å². The third-order valence-electron chi connectivity index (χ3n) is 5.75. The van der Waals surface area contributed by atoms with Crippen molar-refractivity contribution < 1.29 is 24.2 Å².